The zero-order valence-electron chi connectivity index (χ0n) is 31.0. The van der Waals surface area contributed by atoms with Crippen LogP contribution in [0.25, 0.3) is 86.6 Å². The number of benzene rings is 9. The zero-order chi connectivity index (χ0) is 37.7. The van der Waals surface area contributed by atoms with E-state index in [-0.39, 0.29) is 0 Å². The van der Waals surface area contributed by atoms with Crippen LogP contribution in [0.5, 0.6) is 0 Å². The summed E-state index contributed by atoms with van der Waals surface area (Å²) in [6, 6.07) is 76.4. The lowest BCUT2D eigenvalue weighted by molar-refractivity contribution is 0.669. The van der Waals surface area contributed by atoms with Crippen molar-refractivity contribution in [2.45, 2.75) is 0 Å². The van der Waals surface area contributed by atoms with Gasteiger partial charge in [-0.2, -0.15) is 0 Å². The Labute approximate surface area is 335 Å². The molecule has 0 aliphatic heterocycles. The Bertz CT molecular complexity index is 3210. The average Bonchev–Trinajstić information content (AvgIpc) is 3.86. The SMILES string of the molecule is c1ccc(-c2ccc(-c3ccc(N(c4ccc(-c5cccc6c5sc5ccccc56)c(-c5ccccc5)c4)c4ccc5oc6ccccc6c5c4)cc3)cc2)cc1. The number of anilines is 3. The summed E-state index contributed by atoms with van der Waals surface area (Å²) < 4.78 is 8.90. The second kappa shape index (κ2) is 13.8. The van der Waals surface area contributed by atoms with Crippen LogP contribution in [0.4, 0.5) is 17.1 Å². The van der Waals surface area contributed by atoms with Gasteiger partial charge in [0.15, 0.2) is 0 Å². The second-order valence-corrected chi connectivity index (χ2v) is 15.5. The lowest BCUT2D eigenvalue weighted by Gasteiger charge is -2.27. The van der Waals surface area contributed by atoms with Crippen LogP contribution in [-0.4, -0.2) is 0 Å². The maximum Gasteiger partial charge on any atom is 0.135 e. The molecule has 0 radical (unpaired) electrons. The Hall–Kier alpha value is -7.20. The number of hydrogen-bond acceptors (Lipinski definition) is 3. The third kappa shape index (κ3) is 5.88. The van der Waals surface area contributed by atoms with E-state index in [1.54, 1.807) is 0 Å². The van der Waals surface area contributed by atoms with Gasteiger partial charge in [-0.1, -0.05) is 158 Å². The molecule has 0 aliphatic rings. The fourth-order valence-electron chi connectivity index (χ4n) is 8.31. The summed E-state index contributed by atoms with van der Waals surface area (Å²) in [5.41, 5.74) is 14.6. The fourth-order valence-corrected chi connectivity index (χ4v) is 9.54. The van der Waals surface area contributed by atoms with E-state index in [1.807, 2.05) is 23.5 Å². The predicted molar refractivity (Wildman–Crippen MR) is 243 cm³/mol. The van der Waals surface area contributed by atoms with Gasteiger partial charge in [0.1, 0.15) is 11.2 Å². The molecule has 9 aromatic carbocycles. The molecule has 11 rings (SSSR count). The number of para-hydroxylation sites is 1. The lowest BCUT2D eigenvalue weighted by Crippen LogP contribution is -2.10. The third-order valence-electron chi connectivity index (χ3n) is 11.1. The first-order valence-electron chi connectivity index (χ1n) is 19.3. The zero-order valence-corrected chi connectivity index (χ0v) is 31.8. The Morgan fingerprint density at radius 1 is 0.316 bits per heavy atom. The minimum absolute atomic E-state index is 0.881. The van der Waals surface area contributed by atoms with Crippen LogP contribution in [0.1, 0.15) is 0 Å². The number of rotatable bonds is 7. The quantitative estimate of drug-likeness (QED) is 0.162. The maximum atomic E-state index is 6.28. The van der Waals surface area contributed by atoms with Gasteiger partial charge >= 0.3 is 0 Å². The first kappa shape index (κ1) is 33.2. The van der Waals surface area contributed by atoms with Gasteiger partial charge in [-0.15, -0.1) is 11.3 Å². The van der Waals surface area contributed by atoms with E-state index in [2.05, 4.69) is 205 Å². The summed E-state index contributed by atoms with van der Waals surface area (Å²) >= 11 is 1.87. The van der Waals surface area contributed by atoms with Crippen LogP contribution in [0.3, 0.4) is 0 Å². The molecule has 2 heterocycles. The molecule has 0 bridgehead atoms. The number of fused-ring (bicyclic) bond motifs is 6. The van der Waals surface area contributed by atoms with Crippen LogP contribution in [0.2, 0.25) is 0 Å². The third-order valence-corrected chi connectivity index (χ3v) is 12.3. The van der Waals surface area contributed by atoms with Crippen molar-refractivity contribution in [2.24, 2.45) is 0 Å². The summed E-state index contributed by atoms with van der Waals surface area (Å²) in [7, 11) is 0. The Morgan fingerprint density at radius 3 is 1.61 bits per heavy atom. The monoisotopic (exact) mass is 745 g/mol. The van der Waals surface area contributed by atoms with Crippen molar-refractivity contribution in [1.29, 1.82) is 0 Å². The van der Waals surface area contributed by atoms with Crippen molar-refractivity contribution in [3.63, 3.8) is 0 Å². The van der Waals surface area contributed by atoms with E-state index in [4.69, 9.17) is 4.42 Å². The highest BCUT2D eigenvalue weighted by atomic mass is 32.1. The van der Waals surface area contributed by atoms with Crippen LogP contribution in [-0.2, 0) is 0 Å². The van der Waals surface area contributed by atoms with E-state index in [1.165, 1.54) is 64.7 Å². The molecule has 3 heteroatoms. The van der Waals surface area contributed by atoms with E-state index in [0.717, 1.165) is 39.0 Å². The Kier molecular flexibility index (Phi) is 8.04. The van der Waals surface area contributed by atoms with Gasteiger partial charge in [-0.25, -0.2) is 0 Å². The van der Waals surface area contributed by atoms with E-state index >= 15 is 0 Å². The topological polar surface area (TPSA) is 16.4 Å². The van der Waals surface area contributed by atoms with Crippen molar-refractivity contribution in [2.75, 3.05) is 4.90 Å². The van der Waals surface area contributed by atoms with E-state index < -0.39 is 0 Å². The minimum atomic E-state index is 0.881. The van der Waals surface area contributed by atoms with Crippen molar-refractivity contribution in [3.05, 3.63) is 212 Å². The minimum Gasteiger partial charge on any atom is -0.456 e. The molecular formula is C54H35NOS. The number of thiophene rings is 1. The molecule has 0 saturated heterocycles. The molecule has 2 nitrogen and oxygen atoms in total. The van der Waals surface area contributed by atoms with Gasteiger partial charge in [0.05, 0.1) is 0 Å². The van der Waals surface area contributed by atoms with Gasteiger partial charge in [-0.05, 0) is 93.5 Å². The van der Waals surface area contributed by atoms with Crippen LogP contribution in [0, 0.1) is 0 Å². The molecule has 0 N–H and O–H groups in total. The highest BCUT2D eigenvalue weighted by molar-refractivity contribution is 7.26. The average molecular weight is 746 g/mol. The Balaban J connectivity index is 1.07. The molecule has 57 heavy (non-hydrogen) atoms. The largest absolute Gasteiger partial charge is 0.456 e. The maximum absolute atomic E-state index is 6.28. The normalized spacial score (nSPS) is 11.5. The molecule has 2 aromatic heterocycles. The van der Waals surface area contributed by atoms with Crippen LogP contribution >= 0.6 is 11.3 Å². The first-order chi connectivity index (χ1) is 28.2. The summed E-state index contributed by atoms with van der Waals surface area (Å²) in [5, 5.41) is 4.81. The number of nitrogens with zero attached hydrogens (tertiary/aromatic N) is 1. The smallest absolute Gasteiger partial charge is 0.135 e. The highest BCUT2D eigenvalue weighted by Gasteiger charge is 2.20. The van der Waals surface area contributed by atoms with Crippen molar-refractivity contribution in [1.82, 2.24) is 0 Å². The predicted octanol–water partition coefficient (Wildman–Crippen LogP) is 16.1. The molecule has 0 amide bonds. The van der Waals surface area contributed by atoms with E-state index in [0.29, 0.717) is 0 Å². The molecule has 0 spiro atoms. The van der Waals surface area contributed by atoms with Gasteiger partial charge in [0.2, 0.25) is 0 Å². The molecule has 0 unspecified atom stereocenters. The van der Waals surface area contributed by atoms with Crippen LogP contribution < -0.4 is 4.90 Å². The lowest BCUT2D eigenvalue weighted by atomic mass is 9.92. The Morgan fingerprint density at radius 2 is 0.860 bits per heavy atom. The highest BCUT2D eigenvalue weighted by Crippen LogP contribution is 2.46. The second-order valence-electron chi connectivity index (χ2n) is 14.5. The number of furan rings is 1. The number of hydrogen-bond donors (Lipinski definition) is 0. The van der Waals surface area contributed by atoms with Crippen molar-refractivity contribution < 1.29 is 4.42 Å². The summed E-state index contributed by atoms with van der Waals surface area (Å²) in [4.78, 5) is 2.37. The molecule has 0 aliphatic carbocycles. The summed E-state index contributed by atoms with van der Waals surface area (Å²) in [5.74, 6) is 0. The molecule has 0 saturated carbocycles. The van der Waals surface area contributed by atoms with Crippen molar-refractivity contribution in [3.8, 4) is 44.5 Å². The van der Waals surface area contributed by atoms with Gasteiger partial charge in [0.25, 0.3) is 0 Å². The molecule has 0 atom stereocenters. The van der Waals surface area contributed by atoms with E-state index in [9.17, 15) is 0 Å². The van der Waals surface area contributed by atoms with Crippen LogP contribution in [0.15, 0.2) is 217 Å². The first-order valence-corrected chi connectivity index (χ1v) is 20.1. The standard InChI is InChI=1S/C54H35NOS/c1-3-12-36(13-4-1)37-22-24-38(25-23-37)39-26-28-41(29-27-39)55(43-31-33-52-50(35-43)45-16-7-9-20-51(45)56-52)42-30-32-44(49(34-42)40-14-5-2-6-15-40)47-18-11-19-48-46-17-8-10-21-53(46)57-54(47)48/h1-35H. The van der Waals surface area contributed by atoms with Gasteiger partial charge < -0.3 is 9.32 Å². The van der Waals surface area contributed by atoms with Gasteiger partial charge in [-0.3, -0.25) is 0 Å². The fraction of sp³-hybridized carbons (Fsp3) is 0. The van der Waals surface area contributed by atoms with Gasteiger partial charge in [0, 0.05) is 53.6 Å². The summed E-state index contributed by atoms with van der Waals surface area (Å²) in [6.07, 6.45) is 0. The molecule has 0 fully saturated rings. The molecule has 11 aromatic rings. The molecular weight excluding hydrogens is 711 g/mol. The van der Waals surface area contributed by atoms with Crippen molar-refractivity contribution >= 4 is 70.5 Å². The summed E-state index contributed by atoms with van der Waals surface area (Å²) in [6.45, 7) is 0. The molecule has 268 valence electrons.